The Hall–Kier alpha value is -1.03. The first kappa shape index (κ1) is 13.0. The summed E-state index contributed by atoms with van der Waals surface area (Å²) in [7, 11) is 0. The van der Waals surface area contributed by atoms with Gasteiger partial charge in [-0.05, 0) is 50.4 Å². The van der Waals surface area contributed by atoms with Gasteiger partial charge >= 0.3 is 0 Å². The molecule has 5 heteroatoms. The molecule has 104 valence electrons. The summed E-state index contributed by atoms with van der Waals surface area (Å²) < 4.78 is 1.38. The number of aryl methyl sites for hydroxylation is 1. The summed E-state index contributed by atoms with van der Waals surface area (Å²) in [6, 6.07) is 0. The smallest absolute Gasteiger partial charge is 0.287 e. The van der Waals surface area contributed by atoms with Gasteiger partial charge in [0, 0.05) is 13.1 Å². The van der Waals surface area contributed by atoms with Crippen LogP contribution in [0.3, 0.4) is 0 Å². The molecule has 0 atom stereocenters. The van der Waals surface area contributed by atoms with Crippen molar-refractivity contribution in [3.8, 4) is 0 Å². The molecule has 2 aliphatic rings. The number of halogens is 1. The third-order valence-electron chi connectivity index (χ3n) is 4.27. The Labute approximate surface area is 118 Å². The van der Waals surface area contributed by atoms with Crippen LogP contribution >= 0.6 is 11.6 Å². The van der Waals surface area contributed by atoms with Gasteiger partial charge in [0.1, 0.15) is 5.02 Å². The number of rotatable bonds is 6. The van der Waals surface area contributed by atoms with Crippen LogP contribution in [-0.4, -0.2) is 16.3 Å². The molecule has 19 heavy (non-hydrogen) atoms. The maximum atomic E-state index is 11.9. The van der Waals surface area contributed by atoms with Crippen LogP contribution in [-0.2, 0) is 6.54 Å². The Kier molecular flexibility index (Phi) is 3.52. The zero-order valence-electron chi connectivity index (χ0n) is 11.2. The Balaban J connectivity index is 1.69. The van der Waals surface area contributed by atoms with E-state index >= 15 is 0 Å². The van der Waals surface area contributed by atoms with Gasteiger partial charge in [0.2, 0.25) is 0 Å². The predicted molar refractivity (Wildman–Crippen MR) is 76.6 cm³/mol. The van der Waals surface area contributed by atoms with Crippen molar-refractivity contribution in [3.63, 3.8) is 0 Å². The predicted octanol–water partition coefficient (Wildman–Crippen LogP) is 2.76. The zero-order chi connectivity index (χ0) is 13.4. The quantitative estimate of drug-likeness (QED) is 0.872. The van der Waals surface area contributed by atoms with E-state index in [0.717, 1.165) is 24.3 Å². The molecule has 0 aromatic carbocycles. The average molecular weight is 282 g/mol. The second kappa shape index (κ2) is 5.16. The minimum Gasteiger partial charge on any atom is -0.382 e. The van der Waals surface area contributed by atoms with Crippen LogP contribution in [0.5, 0.6) is 0 Å². The van der Waals surface area contributed by atoms with Gasteiger partial charge in [-0.25, -0.2) is 4.68 Å². The highest BCUT2D eigenvalue weighted by atomic mass is 35.5. The molecule has 2 fully saturated rings. The van der Waals surface area contributed by atoms with Gasteiger partial charge in [-0.3, -0.25) is 4.79 Å². The highest BCUT2D eigenvalue weighted by Gasteiger charge is 2.41. The van der Waals surface area contributed by atoms with E-state index in [4.69, 9.17) is 11.6 Å². The molecule has 4 nitrogen and oxygen atoms in total. The highest BCUT2D eigenvalue weighted by Crippen LogP contribution is 2.49. The van der Waals surface area contributed by atoms with Gasteiger partial charge in [-0.1, -0.05) is 11.6 Å². The van der Waals surface area contributed by atoms with E-state index < -0.39 is 0 Å². The monoisotopic (exact) mass is 281 g/mol. The largest absolute Gasteiger partial charge is 0.382 e. The van der Waals surface area contributed by atoms with Gasteiger partial charge in [0.15, 0.2) is 0 Å². The van der Waals surface area contributed by atoms with Crippen molar-refractivity contribution in [3.05, 3.63) is 21.6 Å². The van der Waals surface area contributed by atoms with Crippen LogP contribution < -0.4 is 10.9 Å². The molecule has 1 aromatic heterocycles. The molecule has 0 unspecified atom stereocenters. The minimum absolute atomic E-state index is 0.205. The number of aromatic nitrogens is 2. The van der Waals surface area contributed by atoms with Crippen LogP contribution in [0, 0.1) is 17.8 Å². The molecule has 0 radical (unpaired) electrons. The first-order chi connectivity index (χ1) is 9.20. The maximum Gasteiger partial charge on any atom is 0.287 e. The number of nitrogens with one attached hydrogen (secondary N) is 1. The fourth-order valence-electron chi connectivity index (χ4n) is 2.81. The Morgan fingerprint density at radius 1 is 1.42 bits per heavy atom. The number of hydrogen-bond acceptors (Lipinski definition) is 3. The summed E-state index contributed by atoms with van der Waals surface area (Å²) in [6.45, 7) is 3.35. The lowest BCUT2D eigenvalue weighted by Gasteiger charge is -2.17. The molecule has 1 aromatic rings. The van der Waals surface area contributed by atoms with Crippen molar-refractivity contribution in [1.82, 2.24) is 9.78 Å². The van der Waals surface area contributed by atoms with Crippen LogP contribution in [0.4, 0.5) is 5.69 Å². The van der Waals surface area contributed by atoms with Crippen molar-refractivity contribution >= 4 is 17.3 Å². The fourth-order valence-corrected chi connectivity index (χ4v) is 3.02. The van der Waals surface area contributed by atoms with Crippen LogP contribution in [0.15, 0.2) is 11.0 Å². The van der Waals surface area contributed by atoms with Gasteiger partial charge in [-0.15, -0.1) is 0 Å². The average Bonchev–Trinajstić information content (AvgIpc) is 3.27. The SMILES string of the molecule is CCn1ncc(NCC(C2CC2)C2CC2)c(Cl)c1=O. The third-order valence-corrected chi connectivity index (χ3v) is 4.63. The summed E-state index contributed by atoms with van der Waals surface area (Å²) in [6.07, 6.45) is 7.14. The second-order valence-corrected chi connectivity index (χ2v) is 6.09. The molecule has 0 spiro atoms. The van der Waals surface area contributed by atoms with E-state index in [1.165, 1.54) is 30.4 Å². The van der Waals surface area contributed by atoms with Crippen molar-refractivity contribution < 1.29 is 0 Å². The third kappa shape index (κ3) is 2.78. The normalized spacial score (nSPS) is 18.9. The molecule has 0 aliphatic heterocycles. The molecule has 2 aliphatic carbocycles. The lowest BCUT2D eigenvalue weighted by Crippen LogP contribution is -2.25. The number of nitrogens with zero attached hydrogens (tertiary/aromatic N) is 2. The van der Waals surface area contributed by atoms with Crippen LogP contribution in [0.2, 0.25) is 5.02 Å². The van der Waals surface area contributed by atoms with Crippen LogP contribution in [0.25, 0.3) is 0 Å². The Bertz CT molecular complexity index is 508. The summed E-state index contributed by atoms with van der Waals surface area (Å²) in [5.74, 6) is 2.54. The van der Waals surface area contributed by atoms with Gasteiger partial charge in [0.25, 0.3) is 5.56 Å². The summed E-state index contributed by atoms with van der Waals surface area (Å²) in [5, 5.41) is 7.72. The van der Waals surface area contributed by atoms with Gasteiger partial charge < -0.3 is 5.32 Å². The Morgan fingerprint density at radius 3 is 2.58 bits per heavy atom. The van der Waals surface area contributed by atoms with Crippen molar-refractivity contribution in [2.75, 3.05) is 11.9 Å². The summed E-state index contributed by atoms with van der Waals surface area (Å²) in [4.78, 5) is 11.9. The highest BCUT2D eigenvalue weighted by molar-refractivity contribution is 6.32. The van der Waals surface area contributed by atoms with E-state index in [-0.39, 0.29) is 10.6 Å². The molecule has 0 amide bonds. The van der Waals surface area contributed by atoms with Crippen molar-refractivity contribution in [1.29, 1.82) is 0 Å². The van der Waals surface area contributed by atoms with E-state index in [0.29, 0.717) is 12.2 Å². The maximum absolute atomic E-state index is 11.9. The van der Waals surface area contributed by atoms with Crippen molar-refractivity contribution in [2.24, 2.45) is 17.8 Å². The molecule has 3 rings (SSSR count). The molecule has 1 N–H and O–H groups in total. The van der Waals surface area contributed by atoms with Gasteiger partial charge in [-0.2, -0.15) is 5.10 Å². The molecule has 2 saturated carbocycles. The molecular formula is C14H20ClN3O. The molecule has 0 saturated heterocycles. The first-order valence-electron chi connectivity index (χ1n) is 7.20. The molecular weight excluding hydrogens is 262 g/mol. The first-order valence-corrected chi connectivity index (χ1v) is 7.58. The number of hydrogen-bond donors (Lipinski definition) is 1. The lowest BCUT2D eigenvalue weighted by atomic mass is 9.98. The van der Waals surface area contributed by atoms with E-state index in [1.54, 1.807) is 6.20 Å². The van der Waals surface area contributed by atoms with Crippen molar-refractivity contribution in [2.45, 2.75) is 39.2 Å². The standard InChI is InChI=1S/C14H20ClN3O/c1-2-18-14(19)13(15)12(8-17-18)16-7-11(9-3-4-9)10-5-6-10/h8-11,16H,2-7H2,1H3. The molecule has 1 heterocycles. The van der Waals surface area contributed by atoms with E-state index in [2.05, 4.69) is 10.4 Å². The van der Waals surface area contributed by atoms with E-state index in [9.17, 15) is 4.79 Å². The molecule has 0 bridgehead atoms. The van der Waals surface area contributed by atoms with E-state index in [1.807, 2.05) is 6.92 Å². The van der Waals surface area contributed by atoms with Gasteiger partial charge in [0.05, 0.1) is 11.9 Å². The zero-order valence-corrected chi connectivity index (χ0v) is 12.0. The lowest BCUT2D eigenvalue weighted by molar-refractivity contribution is 0.428. The fraction of sp³-hybridized carbons (Fsp3) is 0.714. The number of anilines is 1. The van der Waals surface area contributed by atoms with Crippen LogP contribution in [0.1, 0.15) is 32.6 Å². The topological polar surface area (TPSA) is 46.9 Å². The summed E-state index contributed by atoms with van der Waals surface area (Å²) in [5.41, 5.74) is 0.478. The Morgan fingerprint density at radius 2 is 2.05 bits per heavy atom. The summed E-state index contributed by atoms with van der Waals surface area (Å²) >= 11 is 6.12. The second-order valence-electron chi connectivity index (χ2n) is 5.71. The minimum atomic E-state index is -0.205.